The van der Waals surface area contributed by atoms with Crippen LogP contribution in [0.3, 0.4) is 0 Å². The lowest BCUT2D eigenvalue weighted by Gasteiger charge is -2.33. The molecule has 0 aromatic rings. The van der Waals surface area contributed by atoms with E-state index >= 15 is 0 Å². The summed E-state index contributed by atoms with van der Waals surface area (Å²) in [6.07, 6.45) is 1.86. The van der Waals surface area contributed by atoms with E-state index in [1.807, 2.05) is 13.8 Å². The van der Waals surface area contributed by atoms with Crippen LogP contribution in [0.1, 0.15) is 79.6 Å². The summed E-state index contributed by atoms with van der Waals surface area (Å²) >= 11 is 0. The van der Waals surface area contributed by atoms with Gasteiger partial charge >= 0.3 is 5.97 Å². The average molecular weight is 652 g/mol. The van der Waals surface area contributed by atoms with Crippen LogP contribution >= 0.6 is 0 Å². The zero-order valence-electron chi connectivity index (χ0n) is 27.2. The molecule has 0 aromatic carbocycles. The number of rotatable bonds is 16. The number of hydrogen-bond acceptors (Lipinski definition) is 9. The van der Waals surface area contributed by atoms with Crippen LogP contribution in [0.25, 0.3) is 0 Å². The smallest absolute Gasteiger partial charge is 0.303 e. The van der Waals surface area contributed by atoms with Gasteiger partial charge < -0.3 is 46.7 Å². The van der Waals surface area contributed by atoms with E-state index in [-0.39, 0.29) is 25.4 Å². The lowest BCUT2D eigenvalue weighted by atomic mass is 10.0. The number of nitrogens with one attached hydrogen (secondary N) is 4. The van der Waals surface area contributed by atoms with Crippen LogP contribution in [0.5, 0.6) is 0 Å². The summed E-state index contributed by atoms with van der Waals surface area (Å²) in [5, 5.41) is 19.3. The molecule has 2 saturated heterocycles. The fraction of sp³-hybridized carbons (Fsp3) is 0.733. The van der Waals surface area contributed by atoms with E-state index in [1.165, 1.54) is 30.6 Å². The number of aliphatic carboxylic acids is 1. The van der Waals surface area contributed by atoms with Crippen molar-refractivity contribution in [3.05, 3.63) is 0 Å². The van der Waals surface area contributed by atoms with Crippen molar-refractivity contribution in [3.63, 3.8) is 0 Å². The first kappa shape index (κ1) is 38.1. The number of likely N-dealkylation sites (tertiary alicyclic amines) is 2. The molecule has 0 aliphatic carbocycles. The number of hydrogen-bond donors (Lipinski definition) is 6. The maximum atomic E-state index is 13.8. The first-order valence-corrected chi connectivity index (χ1v) is 15.8. The molecule has 2 fully saturated rings. The van der Waals surface area contributed by atoms with Crippen LogP contribution in [-0.4, -0.2) is 118 Å². The van der Waals surface area contributed by atoms with Gasteiger partial charge in [-0.15, -0.1) is 0 Å². The number of carboxylic acid groups (broad SMARTS) is 1. The van der Waals surface area contributed by atoms with E-state index in [9.17, 15) is 38.4 Å². The van der Waals surface area contributed by atoms with Gasteiger partial charge in [0.25, 0.3) is 0 Å². The monoisotopic (exact) mass is 651 g/mol. The van der Waals surface area contributed by atoms with Crippen LogP contribution in [0.2, 0.25) is 0 Å². The van der Waals surface area contributed by atoms with Gasteiger partial charge in [-0.1, -0.05) is 13.8 Å². The molecule has 2 aliphatic heterocycles. The highest BCUT2D eigenvalue weighted by Crippen LogP contribution is 2.26. The van der Waals surface area contributed by atoms with E-state index in [0.29, 0.717) is 38.4 Å². The third-order valence-corrected chi connectivity index (χ3v) is 8.00. The second-order valence-electron chi connectivity index (χ2n) is 12.5. The van der Waals surface area contributed by atoms with E-state index in [4.69, 9.17) is 10.8 Å². The second-order valence-corrected chi connectivity index (χ2v) is 12.5. The molecule has 6 amide bonds. The molecule has 7 atom stereocenters. The van der Waals surface area contributed by atoms with E-state index in [2.05, 4.69) is 21.3 Å². The van der Waals surface area contributed by atoms with Crippen molar-refractivity contribution in [1.29, 1.82) is 0 Å². The maximum absolute atomic E-state index is 13.8. The largest absolute Gasteiger partial charge is 0.481 e. The van der Waals surface area contributed by atoms with Crippen LogP contribution < -0.4 is 27.0 Å². The Morgan fingerprint density at radius 1 is 0.804 bits per heavy atom. The molecule has 0 radical (unpaired) electrons. The third-order valence-electron chi connectivity index (χ3n) is 8.00. The Balaban J connectivity index is 2.13. The third kappa shape index (κ3) is 10.8. The van der Waals surface area contributed by atoms with Crippen LogP contribution in [-0.2, 0) is 38.4 Å². The molecular weight excluding hydrogens is 602 g/mol. The zero-order valence-corrected chi connectivity index (χ0v) is 27.2. The molecule has 0 bridgehead atoms. The second kappa shape index (κ2) is 17.6. The number of carbonyl (C=O) groups is 8. The highest BCUT2D eigenvalue weighted by atomic mass is 16.4. The lowest BCUT2D eigenvalue weighted by Crippen LogP contribution is -2.58. The van der Waals surface area contributed by atoms with Gasteiger partial charge in [-0.05, 0) is 65.2 Å². The van der Waals surface area contributed by atoms with Crippen molar-refractivity contribution in [1.82, 2.24) is 31.1 Å². The molecule has 2 heterocycles. The Morgan fingerprint density at radius 3 is 1.96 bits per heavy atom. The molecule has 0 spiro atoms. The van der Waals surface area contributed by atoms with Gasteiger partial charge in [0, 0.05) is 19.5 Å². The van der Waals surface area contributed by atoms with Crippen molar-refractivity contribution in [3.8, 4) is 0 Å². The van der Waals surface area contributed by atoms with E-state index in [1.54, 1.807) is 0 Å². The number of nitrogens with two attached hydrogens (primary N) is 1. The fourth-order valence-electron chi connectivity index (χ4n) is 5.58. The standard InChI is InChI=1S/C30H49N7O9/c1-16(2)14-21(35-25(41)18(4)31)27(43)33-19(5)29(45)37-13-7-9-23(37)30(46)36-12-6-8-22(36)28(44)34-20(10-11-24(39)40)26(42)32-17(3)15-38/h15-23H,6-14,31H2,1-5H3,(H,32,42)(H,33,43)(H,34,44)(H,35,41)(H,39,40)/t17-,18-,19-,20-,21-,22-,23-/m0/s1. The number of amides is 6. The zero-order chi connectivity index (χ0) is 34.7. The molecule has 0 unspecified atom stereocenters. The molecule has 2 rings (SSSR count). The van der Waals surface area contributed by atoms with Gasteiger partial charge in [-0.2, -0.15) is 0 Å². The lowest BCUT2D eigenvalue weighted by molar-refractivity contribution is -0.148. The summed E-state index contributed by atoms with van der Waals surface area (Å²) < 4.78 is 0. The van der Waals surface area contributed by atoms with E-state index < -0.39 is 90.1 Å². The van der Waals surface area contributed by atoms with Gasteiger partial charge in [0.15, 0.2) is 0 Å². The number of carboxylic acids is 1. The van der Waals surface area contributed by atoms with Gasteiger partial charge in [0.1, 0.15) is 36.5 Å². The molecule has 2 aliphatic rings. The van der Waals surface area contributed by atoms with Crippen LogP contribution in [0, 0.1) is 5.92 Å². The Morgan fingerprint density at radius 2 is 1.39 bits per heavy atom. The Bertz CT molecular complexity index is 1160. The minimum absolute atomic E-state index is 0.0584. The minimum Gasteiger partial charge on any atom is -0.481 e. The average Bonchev–Trinajstić information content (AvgIpc) is 3.68. The minimum atomic E-state index is -1.24. The normalized spacial score (nSPS) is 21.0. The Labute approximate surface area is 268 Å². The first-order valence-electron chi connectivity index (χ1n) is 15.8. The van der Waals surface area contributed by atoms with Gasteiger partial charge in [-0.3, -0.25) is 33.6 Å². The quantitative estimate of drug-likeness (QED) is 0.105. The van der Waals surface area contributed by atoms with Crippen molar-refractivity contribution in [2.24, 2.45) is 11.7 Å². The summed E-state index contributed by atoms with van der Waals surface area (Å²) in [7, 11) is 0. The highest BCUT2D eigenvalue weighted by Gasteiger charge is 2.43. The molecule has 0 saturated carbocycles. The Hall–Kier alpha value is -4.08. The van der Waals surface area contributed by atoms with Gasteiger partial charge in [0.2, 0.25) is 35.4 Å². The van der Waals surface area contributed by atoms with Crippen molar-refractivity contribution < 1.29 is 43.5 Å². The Kier molecular flexibility index (Phi) is 14.6. The number of aldehydes is 1. The topological polar surface area (TPSA) is 237 Å². The molecule has 16 heteroatoms. The fourth-order valence-corrected chi connectivity index (χ4v) is 5.58. The SMILES string of the molecule is CC(C)C[C@H](NC(=O)[C@H](C)N)C(=O)N[C@@H](C)C(=O)N1CCC[C@H]1C(=O)N1CCC[C@H]1C(=O)N[C@@H](CCC(=O)O)C(=O)N[C@@H](C)C=O. The maximum Gasteiger partial charge on any atom is 0.303 e. The summed E-state index contributed by atoms with van der Waals surface area (Å²) in [5.41, 5.74) is 5.64. The van der Waals surface area contributed by atoms with Crippen LogP contribution in [0.15, 0.2) is 0 Å². The molecular formula is C30H49N7O9. The molecule has 0 aromatic heterocycles. The molecule has 7 N–H and O–H groups in total. The predicted molar refractivity (Wildman–Crippen MR) is 165 cm³/mol. The summed E-state index contributed by atoms with van der Waals surface area (Å²) in [4.78, 5) is 103. The van der Waals surface area contributed by atoms with Crippen LogP contribution in [0.4, 0.5) is 0 Å². The molecule has 46 heavy (non-hydrogen) atoms. The van der Waals surface area contributed by atoms with Gasteiger partial charge in [0.05, 0.1) is 12.1 Å². The van der Waals surface area contributed by atoms with Crippen molar-refractivity contribution in [2.75, 3.05) is 13.1 Å². The number of carbonyl (C=O) groups excluding carboxylic acids is 7. The van der Waals surface area contributed by atoms with Gasteiger partial charge in [-0.25, -0.2) is 0 Å². The van der Waals surface area contributed by atoms with E-state index in [0.717, 1.165) is 0 Å². The summed E-state index contributed by atoms with van der Waals surface area (Å²) in [6.45, 7) is 8.71. The summed E-state index contributed by atoms with van der Waals surface area (Å²) in [5.74, 6) is -4.45. The number of nitrogens with zero attached hydrogens (tertiary/aromatic N) is 2. The highest BCUT2D eigenvalue weighted by molar-refractivity contribution is 5.97. The molecule has 258 valence electrons. The predicted octanol–water partition coefficient (Wildman–Crippen LogP) is -1.60. The van der Waals surface area contributed by atoms with Crippen molar-refractivity contribution in [2.45, 2.75) is 122 Å². The summed E-state index contributed by atoms with van der Waals surface area (Å²) in [6, 6.07) is -6.66. The molecule has 16 nitrogen and oxygen atoms in total. The van der Waals surface area contributed by atoms with Crippen molar-refractivity contribution >= 4 is 47.7 Å². The first-order chi connectivity index (χ1) is 21.6.